The van der Waals surface area contributed by atoms with Gasteiger partial charge < -0.3 is 19.9 Å². The van der Waals surface area contributed by atoms with Crippen LogP contribution in [0.5, 0.6) is 0 Å². The second-order valence-electron chi connectivity index (χ2n) is 6.93. The molecular formula is C20H21N5O3S. The van der Waals surface area contributed by atoms with Crippen molar-refractivity contribution in [3.05, 3.63) is 52.6 Å². The highest BCUT2D eigenvalue weighted by Crippen LogP contribution is 2.29. The van der Waals surface area contributed by atoms with Crippen LogP contribution in [0.4, 0.5) is 11.5 Å². The molecule has 1 unspecified atom stereocenters. The van der Waals surface area contributed by atoms with Crippen LogP contribution in [0.2, 0.25) is 0 Å². The van der Waals surface area contributed by atoms with Crippen LogP contribution in [0.1, 0.15) is 16.3 Å². The third kappa shape index (κ3) is 3.39. The van der Waals surface area contributed by atoms with Crippen LogP contribution in [0.15, 0.2) is 41.1 Å². The van der Waals surface area contributed by atoms with Crippen molar-refractivity contribution in [2.75, 3.05) is 24.3 Å². The van der Waals surface area contributed by atoms with E-state index in [0.717, 1.165) is 11.1 Å². The number of benzene rings is 1. The average Bonchev–Trinajstić information content (AvgIpc) is 3.34. The minimum absolute atomic E-state index is 0.0516. The Kier molecular flexibility index (Phi) is 4.85. The first-order valence-electron chi connectivity index (χ1n) is 9.04. The zero-order valence-electron chi connectivity index (χ0n) is 16.3. The fourth-order valence-electron chi connectivity index (χ4n) is 3.36. The van der Waals surface area contributed by atoms with Crippen LogP contribution in [0.25, 0.3) is 11.1 Å². The molecule has 0 spiro atoms. The molecule has 1 aliphatic heterocycles. The van der Waals surface area contributed by atoms with E-state index in [4.69, 9.17) is 0 Å². The highest BCUT2D eigenvalue weighted by molar-refractivity contribution is 7.08. The summed E-state index contributed by atoms with van der Waals surface area (Å²) in [6, 6.07) is 9.66. The summed E-state index contributed by atoms with van der Waals surface area (Å²) in [7, 11) is 3.16. The maximum Gasteiger partial charge on any atom is 0.277 e. The molecule has 1 aliphatic rings. The Morgan fingerprint density at radius 3 is 2.55 bits per heavy atom. The number of hydrogen-bond donors (Lipinski definition) is 2. The van der Waals surface area contributed by atoms with E-state index in [9.17, 15) is 14.7 Å². The number of carbonyl (C=O) groups is 2. The zero-order chi connectivity index (χ0) is 20.7. The Morgan fingerprint density at radius 1 is 1.17 bits per heavy atom. The topological polar surface area (TPSA) is 90.7 Å². The fourth-order valence-corrected chi connectivity index (χ4v) is 4.02. The van der Waals surface area contributed by atoms with Gasteiger partial charge in [0.05, 0.1) is 0 Å². The van der Waals surface area contributed by atoms with Crippen molar-refractivity contribution in [2.45, 2.75) is 19.8 Å². The minimum Gasteiger partial charge on any atom is -0.356 e. The number of fused-ring (bicyclic) bond motifs is 1. The summed E-state index contributed by atoms with van der Waals surface area (Å²) >= 11 is 1.64. The van der Waals surface area contributed by atoms with Gasteiger partial charge in [-0.05, 0) is 47.0 Å². The summed E-state index contributed by atoms with van der Waals surface area (Å²) in [6.07, 6.45) is -1.09. The number of aliphatic hydroxyl groups excluding tert-OH is 1. The normalized spacial score (nSPS) is 16.1. The molecule has 0 saturated carbocycles. The van der Waals surface area contributed by atoms with Crippen molar-refractivity contribution in [1.29, 1.82) is 0 Å². The van der Waals surface area contributed by atoms with Gasteiger partial charge in [0.25, 0.3) is 5.91 Å². The van der Waals surface area contributed by atoms with Gasteiger partial charge in [0.15, 0.2) is 11.5 Å². The predicted octanol–water partition coefficient (Wildman–Crippen LogP) is 2.36. The molecule has 150 valence electrons. The highest BCUT2D eigenvalue weighted by Gasteiger charge is 2.37. The molecule has 2 aromatic heterocycles. The Hall–Kier alpha value is -3.17. The molecule has 0 aliphatic carbocycles. The number of nitrogens with zero attached hydrogens (tertiary/aromatic N) is 4. The van der Waals surface area contributed by atoms with E-state index >= 15 is 0 Å². The Bertz CT molecular complexity index is 1060. The summed E-state index contributed by atoms with van der Waals surface area (Å²) in [4.78, 5) is 32.3. The lowest BCUT2D eigenvalue weighted by atomic mass is 10.1. The van der Waals surface area contributed by atoms with E-state index in [1.165, 1.54) is 16.8 Å². The number of rotatable bonds is 4. The van der Waals surface area contributed by atoms with E-state index in [2.05, 4.69) is 15.7 Å². The SMILES string of the molecule is Cc1nc2c(n1CC(=O)Nc1ccc(-c3ccsc3)cc1)C(=O)N(C)C(O)N2C. The highest BCUT2D eigenvalue weighted by atomic mass is 32.1. The Labute approximate surface area is 172 Å². The number of imidazole rings is 1. The van der Waals surface area contributed by atoms with Crippen molar-refractivity contribution in [3.8, 4) is 11.1 Å². The number of carbonyl (C=O) groups excluding carboxylic acids is 2. The van der Waals surface area contributed by atoms with Gasteiger partial charge in [0.1, 0.15) is 12.4 Å². The number of aryl methyl sites for hydroxylation is 1. The first kappa shape index (κ1) is 19.2. The summed E-state index contributed by atoms with van der Waals surface area (Å²) in [6.45, 7) is 1.68. The van der Waals surface area contributed by atoms with E-state index < -0.39 is 6.35 Å². The van der Waals surface area contributed by atoms with Gasteiger partial charge in [-0.15, -0.1) is 0 Å². The molecule has 8 nitrogen and oxygen atoms in total. The van der Waals surface area contributed by atoms with E-state index in [0.29, 0.717) is 23.0 Å². The van der Waals surface area contributed by atoms with Crippen molar-refractivity contribution in [3.63, 3.8) is 0 Å². The van der Waals surface area contributed by atoms with Gasteiger partial charge in [0.2, 0.25) is 12.3 Å². The molecule has 2 amide bonds. The lowest BCUT2D eigenvalue weighted by Gasteiger charge is -2.36. The van der Waals surface area contributed by atoms with Crippen LogP contribution < -0.4 is 10.2 Å². The molecule has 3 heterocycles. The lowest BCUT2D eigenvalue weighted by Crippen LogP contribution is -2.52. The maximum atomic E-state index is 12.6. The monoisotopic (exact) mass is 411 g/mol. The second kappa shape index (κ2) is 7.34. The van der Waals surface area contributed by atoms with Crippen molar-refractivity contribution in [1.82, 2.24) is 14.5 Å². The third-order valence-corrected chi connectivity index (χ3v) is 5.70. The quantitative estimate of drug-likeness (QED) is 0.688. The predicted molar refractivity (Wildman–Crippen MR) is 112 cm³/mol. The van der Waals surface area contributed by atoms with Crippen molar-refractivity contribution < 1.29 is 14.7 Å². The van der Waals surface area contributed by atoms with Crippen LogP contribution in [-0.2, 0) is 11.3 Å². The van der Waals surface area contributed by atoms with Crippen LogP contribution in [0.3, 0.4) is 0 Å². The molecule has 0 fully saturated rings. The van der Waals surface area contributed by atoms with Crippen molar-refractivity contribution >= 4 is 34.7 Å². The van der Waals surface area contributed by atoms with Crippen LogP contribution in [-0.4, -0.2) is 51.8 Å². The summed E-state index contributed by atoms with van der Waals surface area (Å²) < 4.78 is 1.58. The Morgan fingerprint density at radius 2 is 1.90 bits per heavy atom. The zero-order valence-corrected chi connectivity index (χ0v) is 17.1. The first-order chi connectivity index (χ1) is 13.9. The molecule has 29 heavy (non-hydrogen) atoms. The van der Waals surface area contributed by atoms with E-state index in [1.807, 2.05) is 35.7 Å². The standard InChI is InChI=1S/C20H21N5O3S/c1-12-21-18-17(19(27)24(3)20(28)23(18)2)25(12)10-16(26)22-15-6-4-13(5-7-15)14-8-9-29-11-14/h4-9,11,20,28H,10H2,1-3H3,(H,22,26). The van der Waals surface area contributed by atoms with Crippen LogP contribution in [0, 0.1) is 6.92 Å². The number of amides is 2. The number of aromatic nitrogens is 2. The Balaban J connectivity index is 1.52. The number of thiophene rings is 1. The largest absolute Gasteiger partial charge is 0.356 e. The fraction of sp³-hybridized carbons (Fsp3) is 0.250. The van der Waals surface area contributed by atoms with Gasteiger partial charge in [0, 0.05) is 19.8 Å². The van der Waals surface area contributed by atoms with Crippen molar-refractivity contribution in [2.24, 2.45) is 0 Å². The van der Waals surface area contributed by atoms with Gasteiger partial charge in [-0.25, -0.2) is 4.98 Å². The van der Waals surface area contributed by atoms with Crippen LogP contribution >= 0.6 is 11.3 Å². The molecule has 0 saturated heterocycles. The summed E-state index contributed by atoms with van der Waals surface area (Å²) in [5.41, 5.74) is 3.19. The molecule has 3 aromatic rings. The third-order valence-electron chi connectivity index (χ3n) is 5.01. The number of nitrogens with one attached hydrogen (secondary N) is 1. The molecule has 4 rings (SSSR count). The molecule has 0 radical (unpaired) electrons. The molecule has 1 aromatic carbocycles. The number of aliphatic hydroxyl groups is 1. The van der Waals surface area contributed by atoms with E-state index in [-0.39, 0.29) is 18.4 Å². The second-order valence-corrected chi connectivity index (χ2v) is 7.71. The number of hydrogen-bond acceptors (Lipinski definition) is 6. The molecule has 9 heteroatoms. The summed E-state index contributed by atoms with van der Waals surface area (Å²) in [5, 5.41) is 17.1. The molecule has 2 N–H and O–H groups in total. The van der Waals surface area contributed by atoms with Gasteiger partial charge >= 0.3 is 0 Å². The van der Waals surface area contributed by atoms with E-state index in [1.54, 1.807) is 29.9 Å². The summed E-state index contributed by atoms with van der Waals surface area (Å²) in [5.74, 6) is 0.256. The smallest absolute Gasteiger partial charge is 0.277 e. The van der Waals surface area contributed by atoms with Gasteiger partial charge in [-0.1, -0.05) is 12.1 Å². The van der Waals surface area contributed by atoms with Gasteiger partial charge in [-0.3, -0.25) is 14.5 Å². The molecular weight excluding hydrogens is 390 g/mol. The lowest BCUT2D eigenvalue weighted by molar-refractivity contribution is -0.116. The maximum absolute atomic E-state index is 12.6. The average molecular weight is 411 g/mol. The minimum atomic E-state index is -1.09. The van der Waals surface area contributed by atoms with Gasteiger partial charge in [-0.2, -0.15) is 11.3 Å². The molecule has 0 bridgehead atoms. The first-order valence-corrected chi connectivity index (χ1v) is 9.98. The molecule has 1 atom stereocenters. The number of anilines is 2.